The summed E-state index contributed by atoms with van der Waals surface area (Å²) in [7, 11) is 0. The standard InChI is InChI=1S/C18H16N6O2/c1-10-14(16(19)26)15(13-7-2-3-8-20-13)24-18(21-10)22-17(23-24)11-5-4-6-12(25)9-11/h2-9,15,25H,1H3,(H2,19,26)(H,21,22,23). The lowest BCUT2D eigenvalue weighted by molar-refractivity contribution is -0.115. The van der Waals surface area contributed by atoms with E-state index in [9.17, 15) is 9.90 Å². The molecule has 0 bridgehead atoms. The van der Waals surface area contributed by atoms with Crippen molar-refractivity contribution in [1.82, 2.24) is 19.7 Å². The molecule has 3 aromatic rings. The Morgan fingerprint density at radius 1 is 1.27 bits per heavy atom. The fourth-order valence-corrected chi connectivity index (χ4v) is 3.05. The summed E-state index contributed by atoms with van der Waals surface area (Å²) < 4.78 is 1.59. The average molecular weight is 348 g/mol. The Hall–Kier alpha value is -3.68. The predicted molar refractivity (Wildman–Crippen MR) is 95.0 cm³/mol. The average Bonchev–Trinajstić information content (AvgIpc) is 3.04. The maximum Gasteiger partial charge on any atom is 0.248 e. The number of aromatic nitrogens is 4. The van der Waals surface area contributed by atoms with Crippen molar-refractivity contribution in [3.8, 4) is 17.1 Å². The van der Waals surface area contributed by atoms with E-state index >= 15 is 0 Å². The minimum absolute atomic E-state index is 0.122. The number of aromatic hydroxyl groups is 1. The minimum atomic E-state index is -0.580. The third-order valence-electron chi connectivity index (χ3n) is 4.19. The van der Waals surface area contributed by atoms with Gasteiger partial charge in [-0.3, -0.25) is 9.78 Å². The molecular formula is C18H16N6O2. The van der Waals surface area contributed by atoms with Gasteiger partial charge in [-0.2, -0.15) is 4.98 Å². The topological polar surface area (TPSA) is 119 Å². The Kier molecular flexibility index (Phi) is 3.65. The van der Waals surface area contributed by atoms with Crippen LogP contribution in [0.3, 0.4) is 0 Å². The molecule has 1 aliphatic heterocycles. The molecule has 0 spiro atoms. The largest absolute Gasteiger partial charge is 0.508 e. The zero-order valence-corrected chi connectivity index (χ0v) is 13.9. The summed E-state index contributed by atoms with van der Waals surface area (Å²) in [6, 6.07) is 11.5. The van der Waals surface area contributed by atoms with Gasteiger partial charge in [0.15, 0.2) is 5.82 Å². The molecule has 8 heteroatoms. The van der Waals surface area contributed by atoms with Gasteiger partial charge in [0.1, 0.15) is 11.8 Å². The van der Waals surface area contributed by atoms with E-state index in [4.69, 9.17) is 5.73 Å². The highest BCUT2D eigenvalue weighted by Gasteiger charge is 2.34. The number of benzene rings is 1. The molecule has 8 nitrogen and oxygen atoms in total. The summed E-state index contributed by atoms with van der Waals surface area (Å²) in [4.78, 5) is 20.9. The molecule has 2 aromatic heterocycles. The predicted octanol–water partition coefficient (Wildman–Crippen LogP) is 1.82. The number of carbonyl (C=O) groups is 1. The molecule has 1 aromatic carbocycles. The third-order valence-corrected chi connectivity index (χ3v) is 4.19. The number of hydrogen-bond acceptors (Lipinski definition) is 6. The lowest BCUT2D eigenvalue weighted by Gasteiger charge is -2.26. The SMILES string of the molecule is CC1=C(C(N)=O)C(c2ccccn2)n2nc(-c3cccc(O)c3)nc2N1. The monoisotopic (exact) mass is 348 g/mol. The summed E-state index contributed by atoms with van der Waals surface area (Å²) in [5.74, 6) is 0.465. The van der Waals surface area contributed by atoms with Crippen LogP contribution in [0, 0.1) is 0 Å². The maximum absolute atomic E-state index is 12.1. The fraction of sp³-hybridized carbons (Fsp3) is 0.111. The van der Waals surface area contributed by atoms with E-state index in [0.29, 0.717) is 34.3 Å². The van der Waals surface area contributed by atoms with Crippen LogP contribution in [-0.2, 0) is 4.79 Å². The van der Waals surface area contributed by atoms with Crippen molar-refractivity contribution in [2.24, 2.45) is 5.73 Å². The van der Waals surface area contributed by atoms with Crippen molar-refractivity contribution in [1.29, 1.82) is 0 Å². The number of rotatable bonds is 3. The summed E-state index contributed by atoms with van der Waals surface area (Å²) >= 11 is 0. The normalized spacial score (nSPS) is 16.1. The van der Waals surface area contributed by atoms with Gasteiger partial charge in [0.05, 0.1) is 11.3 Å². The van der Waals surface area contributed by atoms with Gasteiger partial charge in [-0.15, -0.1) is 5.10 Å². The molecular weight excluding hydrogens is 332 g/mol. The quantitative estimate of drug-likeness (QED) is 0.664. The molecule has 3 heterocycles. The Morgan fingerprint density at radius 2 is 2.12 bits per heavy atom. The molecule has 26 heavy (non-hydrogen) atoms. The number of carbonyl (C=O) groups excluding carboxylic acids is 1. The van der Waals surface area contributed by atoms with Crippen molar-refractivity contribution in [2.45, 2.75) is 13.0 Å². The third kappa shape index (κ3) is 2.57. The van der Waals surface area contributed by atoms with Crippen LogP contribution in [-0.4, -0.2) is 30.8 Å². The fourth-order valence-electron chi connectivity index (χ4n) is 3.05. The van der Waals surface area contributed by atoms with Crippen molar-refractivity contribution >= 4 is 11.9 Å². The van der Waals surface area contributed by atoms with Gasteiger partial charge in [0, 0.05) is 17.5 Å². The lowest BCUT2D eigenvalue weighted by atomic mass is 9.99. The summed E-state index contributed by atoms with van der Waals surface area (Å²) in [6.45, 7) is 1.77. The van der Waals surface area contributed by atoms with Crippen LogP contribution in [0.2, 0.25) is 0 Å². The molecule has 1 aliphatic rings. The molecule has 1 amide bonds. The number of pyridine rings is 1. The van der Waals surface area contributed by atoms with Crippen LogP contribution in [0.4, 0.5) is 5.95 Å². The highest BCUT2D eigenvalue weighted by molar-refractivity contribution is 5.95. The van der Waals surface area contributed by atoms with Gasteiger partial charge in [-0.25, -0.2) is 4.68 Å². The second-order valence-corrected chi connectivity index (χ2v) is 5.94. The minimum Gasteiger partial charge on any atom is -0.508 e. The lowest BCUT2D eigenvalue weighted by Crippen LogP contribution is -2.32. The number of amides is 1. The van der Waals surface area contributed by atoms with Crippen molar-refractivity contribution in [2.75, 3.05) is 5.32 Å². The zero-order chi connectivity index (χ0) is 18.3. The van der Waals surface area contributed by atoms with E-state index in [1.807, 2.05) is 12.1 Å². The zero-order valence-electron chi connectivity index (χ0n) is 13.9. The molecule has 0 radical (unpaired) electrons. The van der Waals surface area contributed by atoms with Gasteiger partial charge < -0.3 is 16.2 Å². The van der Waals surface area contributed by atoms with Crippen LogP contribution >= 0.6 is 0 Å². The molecule has 0 fully saturated rings. The van der Waals surface area contributed by atoms with Crippen LogP contribution in [0.25, 0.3) is 11.4 Å². The number of anilines is 1. The first-order valence-corrected chi connectivity index (χ1v) is 7.99. The maximum atomic E-state index is 12.1. The Morgan fingerprint density at radius 3 is 2.81 bits per heavy atom. The van der Waals surface area contributed by atoms with E-state index in [1.54, 1.807) is 48.1 Å². The van der Waals surface area contributed by atoms with Crippen LogP contribution < -0.4 is 11.1 Å². The van der Waals surface area contributed by atoms with E-state index in [2.05, 4.69) is 20.4 Å². The number of nitrogens with zero attached hydrogens (tertiary/aromatic N) is 4. The molecule has 0 aliphatic carbocycles. The van der Waals surface area contributed by atoms with Gasteiger partial charge in [0.2, 0.25) is 11.9 Å². The molecule has 0 saturated carbocycles. The van der Waals surface area contributed by atoms with E-state index in [1.165, 1.54) is 0 Å². The summed E-state index contributed by atoms with van der Waals surface area (Å²) in [5, 5.41) is 17.3. The first-order valence-electron chi connectivity index (χ1n) is 7.99. The van der Waals surface area contributed by atoms with Crippen molar-refractivity contribution in [3.05, 3.63) is 65.6 Å². The number of nitrogens with one attached hydrogen (secondary N) is 1. The molecule has 1 unspecified atom stereocenters. The molecule has 1 atom stereocenters. The number of phenols is 1. The highest BCUT2D eigenvalue weighted by atomic mass is 16.3. The Labute approximate surface area is 149 Å². The summed E-state index contributed by atoms with van der Waals surface area (Å²) in [6.07, 6.45) is 1.65. The number of allylic oxidation sites excluding steroid dienone is 1. The van der Waals surface area contributed by atoms with Gasteiger partial charge >= 0.3 is 0 Å². The molecule has 0 saturated heterocycles. The number of primary amides is 1. The number of nitrogens with two attached hydrogens (primary N) is 1. The Bertz CT molecular complexity index is 1030. The highest BCUT2D eigenvalue weighted by Crippen LogP contribution is 2.35. The van der Waals surface area contributed by atoms with E-state index < -0.39 is 11.9 Å². The van der Waals surface area contributed by atoms with Crippen LogP contribution in [0.15, 0.2) is 59.9 Å². The van der Waals surface area contributed by atoms with Gasteiger partial charge in [0.25, 0.3) is 0 Å². The van der Waals surface area contributed by atoms with Crippen LogP contribution in [0.1, 0.15) is 18.7 Å². The second-order valence-electron chi connectivity index (χ2n) is 5.94. The number of fused-ring (bicyclic) bond motifs is 1. The number of phenolic OH excluding ortho intramolecular Hbond substituents is 1. The van der Waals surface area contributed by atoms with E-state index in [0.717, 1.165) is 0 Å². The summed E-state index contributed by atoms with van der Waals surface area (Å²) in [5.41, 5.74) is 7.90. The first kappa shape index (κ1) is 15.8. The molecule has 4 N–H and O–H groups in total. The molecule has 4 rings (SSSR count). The number of hydrogen-bond donors (Lipinski definition) is 3. The second kappa shape index (κ2) is 5.99. The van der Waals surface area contributed by atoms with Gasteiger partial charge in [-0.05, 0) is 31.2 Å². The van der Waals surface area contributed by atoms with Gasteiger partial charge in [-0.1, -0.05) is 18.2 Å². The molecule has 130 valence electrons. The van der Waals surface area contributed by atoms with E-state index in [-0.39, 0.29) is 5.75 Å². The van der Waals surface area contributed by atoms with Crippen LogP contribution in [0.5, 0.6) is 5.75 Å². The first-order chi connectivity index (χ1) is 12.5. The smallest absolute Gasteiger partial charge is 0.248 e. The Balaban J connectivity index is 1.89. The van der Waals surface area contributed by atoms with Crippen molar-refractivity contribution in [3.63, 3.8) is 0 Å². The van der Waals surface area contributed by atoms with Crippen molar-refractivity contribution < 1.29 is 9.90 Å².